The maximum atomic E-state index is 13.6. The van der Waals surface area contributed by atoms with Crippen LogP contribution in [0.25, 0.3) is 55.3 Å². The molecule has 0 saturated heterocycles. The van der Waals surface area contributed by atoms with E-state index in [9.17, 15) is 9.59 Å². The lowest BCUT2D eigenvalue weighted by Crippen LogP contribution is -2.33. The predicted molar refractivity (Wildman–Crippen MR) is 150 cm³/mol. The number of hydrogen-bond acceptors (Lipinski definition) is 4. The maximum Gasteiger partial charge on any atom is 0.333 e. The van der Waals surface area contributed by atoms with Crippen molar-refractivity contribution in [2.45, 2.75) is 0 Å². The van der Waals surface area contributed by atoms with Gasteiger partial charge in [-0.1, -0.05) is 54.1 Å². The lowest BCUT2D eigenvalue weighted by molar-refractivity contribution is 0.902. The van der Waals surface area contributed by atoms with E-state index in [2.05, 4.69) is 15.0 Å². The minimum absolute atomic E-state index is 0.384. The number of aromatic nitrogens is 5. The molecule has 182 valence electrons. The summed E-state index contributed by atoms with van der Waals surface area (Å²) in [5.74, 6) is 0. The van der Waals surface area contributed by atoms with E-state index >= 15 is 0 Å². The molecule has 8 heteroatoms. The second-order valence-electron chi connectivity index (χ2n) is 8.98. The third-order valence-electron chi connectivity index (χ3n) is 6.79. The Labute approximate surface area is 220 Å². The van der Waals surface area contributed by atoms with Gasteiger partial charge in [0.15, 0.2) is 0 Å². The molecule has 1 N–H and O–H groups in total. The van der Waals surface area contributed by atoms with Gasteiger partial charge in [-0.25, -0.2) is 14.3 Å². The number of halogens is 1. The molecular weight excluding hydrogens is 498 g/mol. The molecule has 3 aromatic carbocycles. The molecule has 0 spiro atoms. The van der Waals surface area contributed by atoms with Crippen LogP contribution in [0.1, 0.15) is 0 Å². The van der Waals surface area contributed by atoms with Gasteiger partial charge in [-0.05, 0) is 47.0 Å². The highest BCUT2D eigenvalue weighted by Gasteiger charge is 2.16. The van der Waals surface area contributed by atoms with E-state index < -0.39 is 11.2 Å². The van der Waals surface area contributed by atoms with Gasteiger partial charge in [0, 0.05) is 46.1 Å². The second-order valence-corrected chi connectivity index (χ2v) is 9.39. The Kier molecular flexibility index (Phi) is 4.99. The molecule has 0 bridgehead atoms. The van der Waals surface area contributed by atoms with E-state index in [0.29, 0.717) is 21.6 Å². The Bertz CT molecular complexity index is 2150. The van der Waals surface area contributed by atoms with Gasteiger partial charge in [-0.15, -0.1) is 0 Å². The maximum absolute atomic E-state index is 13.6. The molecule has 0 amide bonds. The Morgan fingerprint density at radius 1 is 0.842 bits per heavy atom. The quantitative estimate of drug-likeness (QED) is 0.319. The lowest BCUT2D eigenvalue weighted by Gasteiger charge is -2.14. The average molecular weight is 516 g/mol. The average Bonchev–Trinajstić information content (AvgIpc) is 3.41. The molecule has 0 aliphatic heterocycles. The number of fused-ring (bicyclic) bond motifs is 3. The van der Waals surface area contributed by atoms with Crippen LogP contribution in [0.5, 0.6) is 0 Å². The molecule has 7 nitrogen and oxygen atoms in total. The normalized spacial score (nSPS) is 11.5. The number of H-pyrrole nitrogens is 1. The third-order valence-corrected chi connectivity index (χ3v) is 7.10. The Morgan fingerprint density at radius 2 is 1.71 bits per heavy atom. The van der Waals surface area contributed by atoms with Gasteiger partial charge in [0.25, 0.3) is 5.56 Å². The first-order chi connectivity index (χ1) is 18.6. The van der Waals surface area contributed by atoms with E-state index in [-0.39, 0.29) is 0 Å². The molecule has 0 saturated carbocycles. The number of nitrogens with one attached hydrogen (secondary N) is 1. The first-order valence-corrected chi connectivity index (χ1v) is 12.3. The molecule has 7 aromatic rings. The van der Waals surface area contributed by atoms with E-state index in [1.54, 1.807) is 24.5 Å². The summed E-state index contributed by atoms with van der Waals surface area (Å²) in [5.41, 5.74) is 4.22. The zero-order chi connectivity index (χ0) is 25.8. The van der Waals surface area contributed by atoms with E-state index in [1.165, 1.54) is 6.20 Å². The van der Waals surface area contributed by atoms with Crippen LogP contribution < -0.4 is 11.2 Å². The Morgan fingerprint density at radius 3 is 2.63 bits per heavy atom. The van der Waals surface area contributed by atoms with Crippen molar-refractivity contribution in [3.8, 4) is 27.9 Å². The van der Waals surface area contributed by atoms with Crippen LogP contribution >= 0.6 is 11.6 Å². The van der Waals surface area contributed by atoms with Gasteiger partial charge >= 0.3 is 5.69 Å². The van der Waals surface area contributed by atoms with Gasteiger partial charge in [0.05, 0.1) is 22.8 Å². The Balaban J connectivity index is 1.42. The van der Waals surface area contributed by atoms with Crippen molar-refractivity contribution in [3.63, 3.8) is 0 Å². The fourth-order valence-corrected chi connectivity index (χ4v) is 5.29. The van der Waals surface area contributed by atoms with Crippen LogP contribution in [0.15, 0.2) is 113 Å². The van der Waals surface area contributed by atoms with E-state index in [1.807, 2.05) is 77.5 Å². The number of rotatable bonds is 3. The number of imidazole rings is 1. The van der Waals surface area contributed by atoms with Gasteiger partial charge in [-0.3, -0.25) is 9.78 Å². The lowest BCUT2D eigenvalue weighted by atomic mass is 9.94. The highest BCUT2D eigenvalue weighted by molar-refractivity contribution is 6.34. The van der Waals surface area contributed by atoms with Crippen LogP contribution in [0.3, 0.4) is 0 Å². The van der Waals surface area contributed by atoms with Crippen molar-refractivity contribution in [1.29, 1.82) is 0 Å². The molecule has 0 radical (unpaired) electrons. The zero-order valence-electron chi connectivity index (χ0n) is 19.8. The molecule has 4 heterocycles. The molecule has 0 aliphatic carbocycles. The van der Waals surface area contributed by atoms with E-state index in [4.69, 9.17) is 11.6 Å². The summed E-state index contributed by atoms with van der Waals surface area (Å²) in [5, 5.41) is 2.55. The first-order valence-electron chi connectivity index (χ1n) is 11.9. The SMILES string of the molecule is O=c1[nH]c2cc(-c3c(Cl)cccc3-c3ccc4nccn4c3)ccc2c(=O)n1-c1cncc2ccccc12. The van der Waals surface area contributed by atoms with Gasteiger partial charge in [0.2, 0.25) is 0 Å². The van der Waals surface area contributed by atoms with E-state index in [0.717, 1.165) is 43.2 Å². The summed E-state index contributed by atoms with van der Waals surface area (Å²) in [6.07, 6.45) is 8.87. The minimum Gasteiger partial charge on any atom is -0.306 e. The van der Waals surface area contributed by atoms with Gasteiger partial charge in [0.1, 0.15) is 5.65 Å². The molecule has 7 rings (SSSR count). The van der Waals surface area contributed by atoms with Crippen LogP contribution in [0.2, 0.25) is 5.02 Å². The van der Waals surface area contributed by atoms with Crippen molar-refractivity contribution in [1.82, 2.24) is 23.9 Å². The zero-order valence-corrected chi connectivity index (χ0v) is 20.6. The first kappa shape index (κ1) is 22.2. The predicted octanol–water partition coefficient (Wildman–Crippen LogP) is 5.86. The molecule has 0 unspecified atom stereocenters. The standard InChI is InChI=1S/C30H18ClN5O2/c31-24-7-3-6-22(20-9-11-27-33-12-13-35(27)17-20)28(24)18-8-10-23-25(14-18)34-30(38)36(29(23)37)26-16-32-15-19-4-1-2-5-21(19)26/h1-17H,(H,34,38). The summed E-state index contributed by atoms with van der Waals surface area (Å²) >= 11 is 6.72. The summed E-state index contributed by atoms with van der Waals surface area (Å²) in [7, 11) is 0. The molecule has 0 fully saturated rings. The fourth-order valence-electron chi connectivity index (χ4n) is 5.01. The number of hydrogen-bond donors (Lipinski definition) is 1. The molecule has 0 atom stereocenters. The van der Waals surface area contributed by atoms with Crippen LogP contribution in [-0.2, 0) is 0 Å². The minimum atomic E-state index is -0.539. The summed E-state index contributed by atoms with van der Waals surface area (Å²) in [6.45, 7) is 0. The van der Waals surface area contributed by atoms with Crippen LogP contribution in [-0.4, -0.2) is 23.9 Å². The molecule has 0 aliphatic rings. The second kappa shape index (κ2) is 8.54. The summed E-state index contributed by atoms with van der Waals surface area (Å²) < 4.78 is 3.08. The topological polar surface area (TPSA) is 85.0 Å². The molecule has 38 heavy (non-hydrogen) atoms. The molecule has 4 aromatic heterocycles. The Hall–Kier alpha value is -5.01. The van der Waals surface area contributed by atoms with Crippen molar-refractivity contribution >= 4 is 38.9 Å². The highest BCUT2D eigenvalue weighted by atomic mass is 35.5. The van der Waals surface area contributed by atoms with Crippen LogP contribution in [0.4, 0.5) is 0 Å². The fraction of sp³-hybridized carbons (Fsp3) is 0. The third kappa shape index (κ3) is 3.44. The number of aromatic amines is 1. The van der Waals surface area contributed by atoms with Crippen molar-refractivity contribution in [3.05, 3.63) is 130 Å². The van der Waals surface area contributed by atoms with Crippen molar-refractivity contribution in [2.24, 2.45) is 0 Å². The monoisotopic (exact) mass is 515 g/mol. The van der Waals surface area contributed by atoms with Gasteiger partial charge in [-0.2, -0.15) is 0 Å². The summed E-state index contributed by atoms with van der Waals surface area (Å²) in [6, 6.07) is 22.6. The van der Waals surface area contributed by atoms with Crippen molar-refractivity contribution in [2.75, 3.05) is 0 Å². The van der Waals surface area contributed by atoms with Gasteiger partial charge < -0.3 is 9.38 Å². The number of nitrogens with zero attached hydrogens (tertiary/aromatic N) is 4. The van der Waals surface area contributed by atoms with Crippen molar-refractivity contribution < 1.29 is 0 Å². The summed E-state index contributed by atoms with van der Waals surface area (Å²) in [4.78, 5) is 38.3. The molecular formula is C30H18ClN5O2. The number of pyridine rings is 2. The smallest absolute Gasteiger partial charge is 0.306 e. The largest absolute Gasteiger partial charge is 0.333 e. The highest BCUT2D eigenvalue weighted by Crippen LogP contribution is 2.38. The number of benzene rings is 3. The van der Waals surface area contributed by atoms with Crippen LogP contribution in [0, 0.1) is 0 Å².